The Bertz CT molecular complexity index is 614. The summed E-state index contributed by atoms with van der Waals surface area (Å²) in [5.41, 5.74) is 0.505. The Kier molecular flexibility index (Phi) is 4.47. The number of rotatable bonds is 4. The van der Waals surface area contributed by atoms with Crippen molar-refractivity contribution in [2.24, 2.45) is 0 Å². The predicted molar refractivity (Wildman–Crippen MR) is 75.1 cm³/mol. The van der Waals surface area contributed by atoms with Crippen molar-refractivity contribution < 1.29 is 19.0 Å². The van der Waals surface area contributed by atoms with Gasteiger partial charge in [-0.15, -0.1) is 0 Å². The summed E-state index contributed by atoms with van der Waals surface area (Å²) in [4.78, 5) is 0. The number of hydrogen-bond acceptors (Lipinski definition) is 3. The fourth-order valence-corrected chi connectivity index (χ4v) is 1.99. The Balaban J connectivity index is 2.40. The topological polar surface area (TPSA) is 38.7 Å². The number of ether oxygens (including phenoxy) is 2. The van der Waals surface area contributed by atoms with E-state index in [-0.39, 0.29) is 5.02 Å². The Morgan fingerprint density at radius 1 is 1.20 bits per heavy atom. The summed E-state index contributed by atoms with van der Waals surface area (Å²) >= 11 is 5.62. The summed E-state index contributed by atoms with van der Waals surface area (Å²) in [6, 6.07) is 9.28. The van der Waals surface area contributed by atoms with Crippen molar-refractivity contribution in [3.63, 3.8) is 0 Å². The van der Waals surface area contributed by atoms with E-state index in [2.05, 4.69) is 0 Å². The van der Waals surface area contributed by atoms with Gasteiger partial charge in [-0.2, -0.15) is 0 Å². The normalized spacial score (nSPS) is 12.1. The molecule has 0 aromatic heterocycles. The lowest BCUT2D eigenvalue weighted by molar-refractivity contribution is 0.190. The second-order valence-electron chi connectivity index (χ2n) is 4.23. The van der Waals surface area contributed by atoms with Crippen LogP contribution in [0.15, 0.2) is 36.4 Å². The fourth-order valence-electron chi connectivity index (χ4n) is 1.87. The van der Waals surface area contributed by atoms with Gasteiger partial charge in [-0.1, -0.05) is 17.7 Å². The van der Waals surface area contributed by atoms with Crippen molar-refractivity contribution in [3.05, 3.63) is 52.8 Å². The van der Waals surface area contributed by atoms with Gasteiger partial charge in [-0.25, -0.2) is 4.39 Å². The van der Waals surface area contributed by atoms with Crippen LogP contribution in [0.5, 0.6) is 17.2 Å². The first-order valence-corrected chi connectivity index (χ1v) is 6.38. The van der Waals surface area contributed by atoms with E-state index >= 15 is 0 Å². The van der Waals surface area contributed by atoms with Gasteiger partial charge in [-0.3, -0.25) is 0 Å². The molecular formula is C15H14ClFO3. The van der Waals surface area contributed by atoms with Gasteiger partial charge in [0.15, 0.2) is 0 Å². The van der Waals surface area contributed by atoms with Crippen LogP contribution < -0.4 is 9.47 Å². The van der Waals surface area contributed by atoms with E-state index in [9.17, 15) is 9.50 Å². The van der Waals surface area contributed by atoms with Crippen molar-refractivity contribution in [1.82, 2.24) is 0 Å². The third kappa shape index (κ3) is 3.03. The number of halogens is 2. The summed E-state index contributed by atoms with van der Waals surface area (Å²) in [7, 11) is 1.51. The van der Waals surface area contributed by atoms with Crippen LogP contribution in [-0.2, 0) is 0 Å². The first-order valence-electron chi connectivity index (χ1n) is 6.00. The lowest BCUT2D eigenvalue weighted by Crippen LogP contribution is -2.00. The van der Waals surface area contributed by atoms with E-state index < -0.39 is 11.9 Å². The highest BCUT2D eigenvalue weighted by atomic mass is 35.5. The minimum atomic E-state index is -0.779. The molecule has 2 aromatic carbocycles. The minimum Gasteiger partial charge on any atom is -0.496 e. The minimum absolute atomic E-state index is 0.0266. The van der Waals surface area contributed by atoms with Crippen LogP contribution in [0.2, 0.25) is 5.02 Å². The van der Waals surface area contributed by atoms with E-state index in [4.69, 9.17) is 21.1 Å². The maximum atomic E-state index is 13.4. The molecule has 1 N–H and O–H groups in total. The number of aliphatic hydroxyl groups is 1. The molecule has 2 aromatic rings. The van der Waals surface area contributed by atoms with Crippen LogP contribution in [0.3, 0.4) is 0 Å². The predicted octanol–water partition coefficient (Wildman–Crippen LogP) is 4.33. The van der Waals surface area contributed by atoms with E-state index in [1.807, 2.05) is 0 Å². The molecule has 0 fully saturated rings. The Morgan fingerprint density at radius 2 is 1.90 bits per heavy atom. The van der Waals surface area contributed by atoms with Gasteiger partial charge in [0.2, 0.25) is 0 Å². The standard InChI is InChI=1S/C15H14ClFO3/c1-9(18)15-13(19-2)4-3-5-14(15)20-10-6-7-11(16)12(17)8-10/h3-9,18H,1-2H3/t9-/m1/s1. The van der Waals surface area contributed by atoms with Crippen LogP contribution in [-0.4, -0.2) is 12.2 Å². The van der Waals surface area contributed by atoms with Crippen molar-refractivity contribution >= 4 is 11.6 Å². The first-order chi connectivity index (χ1) is 9.52. The highest BCUT2D eigenvalue weighted by molar-refractivity contribution is 6.30. The summed E-state index contributed by atoms with van der Waals surface area (Å²) in [5.74, 6) is 0.640. The second kappa shape index (κ2) is 6.11. The molecule has 106 valence electrons. The van der Waals surface area contributed by atoms with E-state index in [0.29, 0.717) is 22.8 Å². The largest absolute Gasteiger partial charge is 0.496 e. The molecule has 0 bridgehead atoms. The quantitative estimate of drug-likeness (QED) is 0.912. The number of benzene rings is 2. The monoisotopic (exact) mass is 296 g/mol. The van der Waals surface area contributed by atoms with Crippen molar-refractivity contribution in [2.75, 3.05) is 7.11 Å². The van der Waals surface area contributed by atoms with E-state index in [1.165, 1.54) is 19.2 Å². The third-order valence-corrected chi connectivity index (χ3v) is 3.09. The van der Waals surface area contributed by atoms with Gasteiger partial charge in [0.1, 0.15) is 23.1 Å². The molecule has 0 unspecified atom stereocenters. The van der Waals surface area contributed by atoms with Gasteiger partial charge in [0.05, 0.1) is 23.8 Å². The van der Waals surface area contributed by atoms with Crippen molar-refractivity contribution in [2.45, 2.75) is 13.0 Å². The molecule has 0 aliphatic carbocycles. The zero-order chi connectivity index (χ0) is 14.7. The Labute approximate surface area is 121 Å². The molecule has 0 spiro atoms. The average Bonchev–Trinajstić information content (AvgIpc) is 2.42. The molecule has 0 saturated heterocycles. The highest BCUT2D eigenvalue weighted by Crippen LogP contribution is 2.36. The Morgan fingerprint density at radius 3 is 2.50 bits per heavy atom. The maximum absolute atomic E-state index is 13.4. The van der Waals surface area contributed by atoms with Crippen LogP contribution >= 0.6 is 11.6 Å². The lowest BCUT2D eigenvalue weighted by atomic mass is 10.1. The number of hydrogen-bond donors (Lipinski definition) is 1. The van der Waals surface area contributed by atoms with Gasteiger partial charge in [-0.05, 0) is 31.2 Å². The molecule has 1 atom stereocenters. The number of aliphatic hydroxyl groups excluding tert-OH is 1. The average molecular weight is 297 g/mol. The molecule has 5 heteroatoms. The first kappa shape index (κ1) is 14.6. The summed E-state index contributed by atoms with van der Waals surface area (Å²) in [6.45, 7) is 1.60. The summed E-state index contributed by atoms with van der Waals surface area (Å²) in [6.07, 6.45) is -0.779. The highest BCUT2D eigenvalue weighted by Gasteiger charge is 2.16. The summed E-state index contributed by atoms with van der Waals surface area (Å²) in [5, 5.41) is 9.86. The second-order valence-corrected chi connectivity index (χ2v) is 4.63. The SMILES string of the molecule is COc1cccc(Oc2ccc(Cl)c(F)c2)c1[C@@H](C)O. The van der Waals surface area contributed by atoms with Gasteiger partial charge in [0.25, 0.3) is 0 Å². The molecule has 20 heavy (non-hydrogen) atoms. The van der Waals surface area contributed by atoms with Crippen LogP contribution in [0.4, 0.5) is 4.39 Å². The molecule has 0 radical (unpaired) electrons. The molecule has 3 nitrogen and oxygen atoms in total. The molecule has 0 aliphatic rings. The van der Waals surface area contributed by atoms with Gasteiger partial charge >= 0.3 is 0 Å². The molecular weight excluding hydrogens is 283 g/mol. The van der Waals surface area contributed by atoms with Gasteiger partial charge < -0.3 is 14.6 Å². The van der Waals surface area contributed by atoms with Crippen LogP contribution in [0.25, 0.3) is 0 Å². The number of methoxy groups -OCH3 is 1. The van der Waals surface area contributed by atoms with E-state index in [1.54, 1.807) is 31.2 Å². The third-order valence-electron chi connectivity index (χ3n) is 2.78. The fraction of sp³-hybridized carbons (Fsp3) is 0.200. The molecule has 0 amide bonds. The van der Waals surface area contributed by atoms with E-state index in [0.717, 1.165) is 0 Å². The van der Waals surface area contributed by atoms with Gasteiger partial charge in [0, 0.05) is 6.07 Å². The smallest absolute Gasteiger partial charge is 0.145 e. The molecule has 0 saturated carbocycles. The zero-order valence-corrected chi connectivity index (χ0v) is 11.8. The van der Waals surface area contributed by atoms with Crippen LogP contribution in [0.1, 0.15) is 18.6 Å². The summed E-state index contributed by atoms with van der Waals surface area (Å²) < 4.78 is 24.2. The molecule has 0 heterocycles. The molecule has 0 aliphatic heterocycles. The lowest BCUT2D eigenvalue weighted by Gasteiger charge is -2.16. The Hall–Kier alpha value is -1.78. The van der Waals surface area contributed by atoms with Crippen molar-refractivity contribution in [3.8, 4) is 17.2 Å². The zero-order valence-electron chi connectivity index (χ0n) is 11.1. The van der Waals surface area contributed by atoms with Crippen LogP contribution in [0, 0.1) is 5.82 Å². The van der Waals surface area contributed by atoms with Crippen molar-refractivity contribution in [1.29, 1.82) is 0 Å². The molecule has 2 rings (SSSR count). The maximum Gasteiger partial charge on any atom is 0.145 e.